The van der Waals surface area contributed by atoms with Gasteiger partial charge in [0.15, 0.2) is 0 Å². The average molecular weight is 546 g/mol. The molecule has 2 N–H and O–H groups in total. The number of carbonyl (C=O) groups excluding carboxylic acids is 1. The quantitative estimate of drug-likeness (QED) is 0.309. The lowest BCUT2D eigenvalue weighted by Gasteiger charge is -2.23. The zero-order valence-corrected chi connectivity index (χ0v) is 22.8. The highest BCUT2D eigenvalue weighted by atomic mass is 19.1. The lowest BCUT2D eigenvalue weighted by atomic mass is 9.97. The smallest absolute Gasteiger partial charge is 0.274 e. The van der Waals surface area contributed by atoms with Crippen LogP contribution in [0, 0.1) is 19.7 Å². The molecule has 11 heteroatoms. The SMILES string of the molecule is Cc1nccc(Nc2cc(-c3ccnc(N(C=O)CCn4c(C)c(F)c5c4CCCC5)c3CO)cn(C)c2=O)n1. The Balaban J connectivity index is 1.48. The third-order valence-electron chi connectivity index (χ3n) is 7.44. The lowest BCUT2D eigenvalue weighted by Crippen LogP contribution is -2.29. The number of pyridine rings is 2. The van der Waals surface area contributed by atoms with Crippen molar-refractivity contribution >= 4 is 23.7 Å². The number of aliphatic hydroxyl groups is 1. The van der Waals surface area contributed by atoms with Gasteiger partial charge in [-0.2, -0.15) is 0 Å². The predicted octanol–water partition coefficient (Wildman–Crippen LogP) is 3.57. The summed E-state index contributed by atoms with van der Waals surface area (Å²) in [4.78, 5) is 39.4. The second kappa shape index (κ2) is 11.4. The number of halogens is 1. The maximum absolute atomic E-state index is 14.9. The molecular formula is C29H32FN7O3. The molecule has 0 saturated heterocycles. The Bertz CT molecular complexity index is 1630. The molecule has 0 spiro atoms. The van der Waals surface area contributed by atoms with Crippen LogP contribution in [0.3, 0.4) is 0 Å². The number of fused-ring (bicyclic) bond motifs is 1. The second-order valence-corrected chi connectivity index (χ2v) is 9.97. The molecule has 0 atom stereocenters. The highest BCUT2D eigenvalue weighted by Gasteiger charge is 2.24. The molecule has 1 amide bonds. The minimum absolute atomic E-state index is 0.153. The molecule has 0 unspecified atom stereocenters. The summed E-state index contributed by atoms with van der Waals surface area (Å²) in [5.41, 5.74) is 4.10. The van der Waals surface area contributed by atoms with E-state index in [4.69, 9.17) is 0 Å². The van der Waals surface area contributed by atoms with Gasteiger partial charge in [-0.3, -0.25) is 14.5 Å². The Morgan fingerprint density at radius 1 is 1.18 bits per heavy atom. The molecule has 1 aliphatic rings. The van der Waals surface area contributed by atoms with Gasteiger partial charge in [0.2, 0.25) is 6.41 Å². The van der Waals surface area contributed by atoms with E-state index in [2.05, 4.69) is 20.3 Å². The molecule has 0 radical (unpaired) electrons. The summed E-state index contributed by atoms with van der Waals surface area (Å²) >= 11 is 0. The van der Waals surface area contributed by atoms with Crippen molar-refractivity contribution in [2.24, 2.45) is 7.05 Å². The second-order valence-electron chi connectivity index (χ2n) is 9.97. The first-order chi connectivity index (χ1) is 19.3. The van der Waals surface area contributed by atoms with Crippen LogP contribution < -0.4 is 15.8 Å². The van der Waals surface area contributed by atoms with E-state index in [0.717, 1.165) is 36.9 Å². The van der Waals surface area contributed by atoms with Gasteiger partial charge in [0, 0.05) is 61.1 Å². The van der Waals surface area contributed by atoms with Crippen LogP contribution in [0.1, 0.15) is 41.2 Å². The van der Waals surface area contributed by atoms with Crippen LogP contribution in [0.2, 0.25) is 0 Å². The maximum atomic E-state index is 14.9. The Hall–Kier alpha value is -4.38. The van der Waals surface area contributed by atoms with E-state index in [1.807, 2.05) is 4.57 Å². The molecule has 4 aromatic rings. The maximum Gasteiger partial charge on any atom is 0.274 e. The topological polar surface area (TPSA) is 118 Å². The first-order valence-corrected chi connectivity index (χ1v) is 13.3. The van der Waals surface area contributed by atoms with Crippen molar-refractivity contribution in [1.82, 2.24) is 24.1 Å². The standard InChI is InChI=1S/C29H32FN7O3/c1-18-27(30)22-6-4-5-7-25(22)37(18)13-12-36(17-39)28-23(16-38)21(8-10-32-28)20-14-24(29(40)35(3)15-20)34-26-9-11-31-19(2)33-26/h8-11,14-15,17,38H,4-7,12-13,16H2,1-3H3,(H,31,33,34). The fourth-order valence-corrected chi connectivity index (χ4v) is 5.45. The summed E-state index contributed by atoms with van der Waals surface area (Å²) in [5, 5.41) is 13.5. The van der Waals surface area contributed by atoms with E-state index >= 15 is 0 Å². The van der Waals surface area contributed by atoms with Crippen molar-refractivity contribution in [3.8, 4) is 11.1 Å². The number of aromatic nitrogens is 5. The van der Waals surface area contributed by atoms with Crippen molar-refractivity contribution in [1.29, 1.82) is 0 Å². The average Bonchev–Trinajstić information content (AvgIpc) is 3.20. The van der Waals surface area contributed by atoms with Crippen LogP contribution in [-0.4, -0.2) is 42.1 Å². The Labute approximate surface area is 231 Å². The number of anilines is 3. The van der Waals surface area contributed by atoms with E-state index < -0.39 is 0 Å². The highest BCUT2D eigenvalue weighted by Crippen LogP contribution is 2.32. The van der Waals surface area contributed by atoms with Crippen LogP contribution >= 0.6 is 0 Å². The number of hydrogen-bond acceptors (Lipinski definition) is 7. The number of amides is 1. The molecule has 0 aliphatic heterocycles. The van der Waals surface area contributed by atoms with Gasteiger partial charge >= 0.3 is 0 Å². The van der Waals surface area contributed by atoms with Gasteiger partial charge < -0.3 is 19.6 Å². The van der Waals surface area contributed by atoms with Crippen LogP contribution in [0.25, 0.3) is 11.1 Å². The van der Waals surface area contributed by atoms with E-state index in [9.17, 15) is 19.1 Å². The summed E-state index contributed by atoms with van der Waals surface area (Å²) in [5.74, 6) is 1.20. The minimum Gasteiger partial charge on any atom is -0.392 e. The first-order valence-electron chi connectivity index (χ1n) is 13.3. The number of carbonyl (C=O) groups is 1. The third-order valence-corrected chi connectivity index (χ3v) is 7.44. The Morgan fingerprint density at radius 3 is 2.70 bits per heavy atom. The summed E-state index contributed by atoms with van der Waals surface area (Å²) in [6.45, 7) is 3.80. The molecule has 0 aromatic carbocycles. The fourth-order valence-electron chi connectivity index (χ4n) is 5.45. The minimum atomic E-state index is -0.383. The van der Waals surface area contributed by atoms with Gasteiger partial charge in [-0.15, -0.1) is 0 Å². The van der Waals surface area contributed by atoms with Gasteiger partial charge in [0.25, 0.3) is 5.56 Å². The molecule has 4 heterocycles. The number of hydrogen-bond donors (Lipinski definition) is 2. The predicted molar refractivity (Wildman–Crippen MR) is 150 cm³/mol. The summed E-state index contributed by atoms with van der Waals surface area (Å²) < 4.78 is 18.3. The van der Waals surface area contributed by atoms with Gasteiger partial charge in [-0.1, -0.05) is 0 Å². The van der Waals surface area contributed by atoms with E-state index in [1.165, 1.54) is 9.47 Å². The van der Waals surface area contributed by atoms with Crippen molar-refractivity contribution in [2.75, 3.05) is 16.8 Å². The van der Waals surface area contributed by atoms with E-state index in [0.29, 0.717) is 58.5 Å². The molecule has 0 bridgehead atoms. The number of nitrogens with one attached hydrogen (secondary N) is 1. The summed E-state index contributed by atoms with van der Waals surface area (Å²) in [6.07, 6.45) is 9.05. The zero-order chi connectivity index (χ0) is 28.4. The largest absolute Gasteiger partial charge is 0.392 e. The number of aliphatic hydroxyl groups excluding tert-OH is 1. The molecule has 10 nitrogen and oxygen atoms in total. The van der Waals surface area contributed by atoms with Crippen LogP contribution in [0.4, 0.5) is 21.7 Å². The fraction of sp³-hybridized carbons (Fsp3) is 0.345. The third kappa shape index (κ3) is 5.12. The van der Waals surface area contributed by atoms with Crippen molar-refractivity contribution in [3.63, 3.8) is 0 Å². The molecule has 0 fully saturated rings. The van der Waals surface area contributed by atoms with Crippen molar-refractivity contribution in [2.45, 2.75) is 52.7 Å². The highest BCUT2D eigenvalue weighted by molar-refractivity contribution is 5.81. The van der Waals surface area contributed by atoms with Gasteiger partial charge in [0.05, 0.1) is 12.3 Å². The normalized spacial score (nSPS) is 12.7. The van der Waals surface area contributed by atoms with Gasteiger partial charge in [-0.05, 0) is 63.3 Å². The zero-order valence-electron chi connectivity index (χ0n) is 22.8. The van der Waals surface area contributed by atoms with E-state index in [1.54, 1.807) is 57.7 Å². The van der Waals surface area contributed by atoms with Crippen molar-refractivity contribution in [3.05, 3.63) is 81.3 Å². The summed E-state index contributed by atoms with van der Waals surface area (Å²) in [6, 6.07) is 5.08. The lowest BCUT2D eigenvalue weighted by molar-refractivity contribution is -0.107. The molecule has 5 rings (SSSR count). The molecule has 208 valence electrons. The number of nitrogens with zero attached hydrogens (tertiary/aromatic N) is 6. The molecule has 4 aromatic heterocycles. The van der Waals surface area contributed by atoms with Gasteiger partial charge in [-0.25, -0.2) is 19.3 Å². The van der Waals surface area contributed by atoms with E-state index in [-0.39, 0.29) is 24.5 Å². The Morgan fingerprint density at radius 2 is 1.95 bits per heavy atom. The van der Waals surface area contributed by atoms with Crippen LogP contribution in [0.15, 0.2) is 41.6 Å². The number of aryl methyl sites for hydroxylation is 2. The van der Waals surface area contributed by atoms with Crippen molar-refractivity contribution < 1.29 is 14.3 Å². The summed E-state index contributed by atoms with van der Waals surface area (Å²) in [7, 11) is 1.64. The molecule has 40 heavy (non-hydrogen) atoms. The van der Waals surface area contributed by atoms with Crippen LogP contribution in [0.5, 0.6) is 0 Å². The molecule has 0 saturated carbocycles. The first kappa shape index (κ1) is 27.2. The monoisotopic (exact) mass is 545 g/mol. The number of rotatable bonds is 9. The van der Waals surface area contributed by atoms with Gasteiger partial charge in [0.1, 0.15) is 29.0 Å². The molecule has 1 aliphatic carbocycles. The molecular weight excluding hydrogens is 513 g/mol. The van der Waals surface area contributed by atoms with Crippen LogP contribution in [-0.2, 0) is 37.8 Å². The Kier molecular flexibility index (Phi) is 7.74.